The molecule has 33 heavy (non-hydrogen) atoms. The van der Waals surface area contributed by atoms with Crippen molar-refractivity contribution < 1.29 is 9.13 Å². The van der Waals surface area contributed by atoms with E-state index in [1.54, 1.807) is 6.07 Å². The zero-order chi connectivity index (χ0) is 22.8. The number of anilines is 1. The second-order valence-electron chi connectivity index (χ2n) is 8.64. The minimum atomic E-state index is -0.289. The van der Waals surface area contributed by atoms with Gasteiger partial charge in [-0.3, -0.25) is 0 Å². The first-order valence-corrected chi connectivity index (χ1v) is 11.6. The minimum absolute atomic E-state index is 0.289. The van der Waals surface area contributed by atoms with Crippen molar-refractivity contribution >= 4 is 16.9 Å². The van der Waals surface area contributed by atoms with Gasteiger partial charge in [0.25, 0.3) is 0 Å². The molecule has 2 aromatic carbocycles. The van der Waals surface area contributed by atoms with Gasteiger partial charge in [-0.2, -0.15) is 5.10 Å². The molecule has 6 nitrogen and oxygen atoms in total. The summed E-state index contributed by atoms with van der Waals surface area (Å²) < 4.78 is 21.5. The van der Waals surface area contributed by atoms with Crippen LogP contribution >= 0.6 is 0 Å². The number of hydrogen-bond acceptors (Lipinski definition) is 5. The number of benzene rings is 2. The van der Waals surface area contributed by atoms with Gasteiger partial charge in [-0.25, -0.2) is 19.0 Å². The van der Waals surface area contributed by atoms with Crippen molar-refractivity contribution in [3.63, 3.8) is 0 Å². The maximum absolute atomic E-state index is 14.0. The average molecular weight is 446 g/mol. The molecule has 0 spiro atoms. The van der Waals surface area contributed by atoms with Crippen LogP contribution in [0.15, 0.2) is 48.8 Å². The summed E-state index contributed by atoms with van der Waals surface area (Å²) in [5.41, 5.74) is 10.8. The standard InChI is InChI=1S/C26H28FN5O/c1-2-33-22-14-18(13-20(27)15-22)12-17-8-10-19(11-9-17)24-23-25(28)29-16-30-26(23)32(31-24)21-6-4-3-5-7-21/h8-11,13-16,21H,2-7,12H2,1H3,(H2,28,29,30). The molecule has 170 valence electrons. The van der Waals surface area contributed by atoms with Crippen LogP contribution in [0.5, 0.6) is 5.75 Å². The van der Waals surface area contributed by atoms with E-state index in [1.165, 1.54) is 31.7 Å². The number of rotatable bonds is 6. The molecule has 0 saturated heterocycles. The van der Waals surface area contributed by atoms with Crippen LogP contribution in [-0.2, 0) is 6.42 Å². The third-order valence-corrected chi connectivity index (χ3v) is 6.32. The smallest absolute Gasteiger partial charge is 0.164 e. The second kappa shape index (κ2) is 9.17. The van der Waals surface area contributed by atoms with Crippen LogP contribution in [0.4, 0.5) is 10.2 Å². The van der Waals surface area contributed by atoms with E-state index in [4.69, 9.17) is 15.6 Å². The summed E-state index contributed by atoms with van der Waals surface area (Å²) in [4.78, 5) is 8.75. The van der Waals surface area contributed by atoms with Crippen molar-refractivity contribution in [1.29, 1.82) is 0 Å². The summed E-state index contributed by atoms with van der Waals surface area (Å²) >= 11 is 0. The number of fused-ring (bicyclic) bond motifs is 1. The highest BCUT2D eigenvalue weighted by Crippen LogP contribution is 2.36. The zero-order valence-electron chi connectivity index (χ0n) is 18.8. The van der Waals surface area contributed by atoms with E-state index in [2.05, 4.69) is 14.6 Å². The van der Waals surface area contributed by atoms with Crippen LogP contribution in [0.1, 0.15) is 56.2 Å². The van der Waals surface area contributed by atoms with E-state index in [-0.39, 0.29) is 5.82 Å². The molecule has 0 radical (unpaired) electrons. The van der Waals surface area contributed by atoms with E-state index in [0.717, 1.165) is 46.3 Å². The zero-order valence-corrected chi connectivity index (χ0v) is 18.8. The van der Waals surface area contributed by atoms with Crippen molar-refractivity contribution in [2.75, 3.05) is 12.3 Å². The van der Waals surface area contributed by atoms with Crippen LogP contribution in [0, 0.1) is 5.82 Å². The summed E-state index contributed by atoms with van der Waals surface area (Å²) in [5.74, 6) is 0.714. The van der Waals surface area contributed by atoms with Crippen molar-refractivity contribution in [3.8, 4) is 17.0 Å². The summed E-state index contributed by atoms with van der Waals surface area (Å²) in [6, 6.07) is 13.4. The summed E-state index contributed by atoms with van der Waals surface area (Å²) in [5, 5.41) is 5.78. The van der Waals surface area contributed by atoms with E-state index in [9.17, 15) is 4.39 Å². The molecule has 0 atom stereocenters. The third-order valence-electron chi connectivity index (χ3n) is 6.32. The number of nitrogens with two attached hydrogens (primary N) is 1. The van der Waals surface area contributed by atoms with Gasteiger partial charge >= 0.3 is 0 Å². The molecule has 1 saturated carbocycles. The Balaban J connectivity index is 1.46. The van der Waals surface area contributed by atoms with Gasteiger partial charge in [-0.1, -0.05) is 43.5 Å². The molecule has 1 aliphatic carbocycles. The highest BCUT2D eigenvalue weighted by Gasteiger charge is 2.23. The summed E-state index contributed by atoms with van der Waals surface area (Å²) in [6.07, 6.45) is 8.04. The lowest BCUT2D eigenvalue weighted by Gasteiger charge is -2.22. The lowest BCUT2D eigenvalue weighted by atomic mass is 9.96. The molecule has 0 amide bonds. The Hall–Kier alpha value is -3.48. The fraction of sp³-hybridized carbons (Fsp3) is 0.346. The Morgan fingerprint density at radius 3 is 2.58 bits per heavy atom. The van der Waals surface area contributed by atoms with Crippen LogP contribution in [0.2, 0.25) is 0 Å². The Labute approximate surface area is 192 Å². The molecule has 2 N–H and O–H groups in total. The second-order valence-corrected chi connectivity index (χ2v) is 8.64. The van der Waals surface area contributed by atoms with Crippen LogP contribution in [0.25, 0.3) is 22.3 Å². The van der Waals surface area contributed by atoms with Crippen molar-refractivity contribution in [1.82, 2.24) is 19.7 Å². The van der Waals surface area contributed by atoms with Crippen LogP contribution < -0.4 is 10.5 Å². The summed E-state index contributed by atoms with van der Waals surface area (Å²) in [6.45, 7) is 2.40. The Kier molecular flexibility index (Phi) is 5.94. The number of aromatic nitrogens is 4. The molecular formula is C26H28FN5O. The van der Waals surface area contributed by atoms with Gasteiger partial charge in [0, 0.05) is 11.6 Å². The Morgan fingerprint density at radius 2 is 1.82 bits per heavy atom. The lowest BCUT2D eigenvalue weighted by Crippen LogP contribution is -2.14. The van der Waals surface area contributed by atoms with Gasteiger partial charge in [0.15, 0.2) is 5.65 Å². The lowest BCUT2D eigenvalue weighted by molar-refractivity contribution is 0.336. The molecule has 0 aliphatic heterocycles. The largest absolute Gasteiger partial charge is 0.494 e. The number of halogens is 1. The fourth-order valence-electron chi connectivity index (χ4n) is 4.77. The van der Waals surface area contributed by atoms with Gasteiger partial charge in [0.05, 0.1) is 18.0 Å². The van der Waals surface area contributed by atoms with Crippen LogP contribution in [-0.4, -0.2) is 26.4 Å². The molecular weight excluding hydrogens is 417 g/mol. The predicted molar refractivity (Wildman–Crippen MR) is 128 cm³/mol. The van der Waals surface area contributed by atoms with Crippen LogP contribution in [0.3, 0.4) is 0 Å². The fourth-order valence-corrected chi connectivity index (χ4v) is 4.77. The molecule has 1 aliphatic rings. The predicted octanol–water partition coefficient (Wildman–Crippen LogP) is 5.71. The Morgan fingerprint density at radius 1 is 1.03 bits per heavy atom. The molecule has 0 bridgehead atoms. The number of nitrogen functional groups attached to an aromatic ring is 1. The van der Waals surface area contributed by atoms with E-state index in [0.29, 0.717) is 30.6 Å². The van der Waals surface area contributed by atoms with Gasteiger partial charge < -0.3 is 10.5 Å². The molecule has 0 unspecified atom stereocenters. The minimum Gasteiger partial charge on any atom is -0.494 e. The highest BCUT2D eigenvalue weighted by molar-refractivity contribution is 5.98. The van der Waals surface area contributed by atoms with Gasteiger partial charge in [-0.05, 0) is 49.4 Å². The molecule has 1 fully saturated rings. The Bertz CT molecular complexity index is 1260. The normalized spacial score (nSPS) is 14.6. The molecule has 4 aromatic rings. The number of hydrogen-bond donors (Lipinski definition) is 1. The van der Waals surface area contributed by atoms with Crippen molar-refractivity contribution in [2.45, 2.75) is 51.5 Å². The summed E-state index contributed by atoms with van der Waals surface area (Å²) in [7, 11) is 0. The first kappa shape index (κ1) is 21.4. The number of nitrogens with zero attached hydrogens (tertiary/aromatic N) is 4. The number of ether oxygens (including phenoxy) is 1. The van der Waals surface area contributed by atoms with Gasteiger partial charge in [0.2, 0.25) is 0 Å². The quantitative estimate of drug-likeness (QED) is 0.411. The molecule has 7 heteroatoms. The van der Waals surface area contributed by atoms with E-state index >= 15 is 0 Å². The van der Waals surface area contributed by atoms with E-state index in [1.807, 2.05) is 37.3 Å². The maximum atomic E-state index is 14.0. The maximum Gasteiger partial charge on any atom is 0.164 e. The van der Waals surface area contributed by atoms with Gasteiger partial charge in [0.1, 0.15) is 29.4 Å². The third kappa shape index (κ3) is 4.40. The van der Waals surface area contributed by atoms with Gasteiger partial charge in [-0.15, -0.1) is 0 Å². The molecule has 5 rings (SSSR count). The molecule has 2 heterocycles. The van der Waals surface area contributed by atoms with Crippen molar-refractivity contribution in [3.05, 3.63) is 65.7 Å². The average Bonchev–Trinajstić information content (AvgIpc) is 3.21. The SMILES string of the molecule is CCOc1cc(F)cc(Cc2ccc(-c3nn(C4CCCCC4)c4ncnc(N)c34)cc2)c1. The molecule has 2 aromatic heterocycles. The monoisotopic (exact) mass is 445 g/mol. The first-order valence-electron chi connectivity index (χ1n) is 11.6. The first-order chi connectivity index (χ1) is 16.1. The van der Waals surface area contributed by atoms with Crippen molar-refractivity contribution in [2.24, 2.45) is 0 Å². The topological polar surface area (TPSA) is 78.8 Å². The van der Waals surface area contributed by atoms with E-state index < -0.39 is 0 Å². The highest BCUT2D eigenvalue weighted by atomic mass is 19.1.